The van der Waals surface area contributed by atoms with Gasteiger partial charge in [-0.25, -0.2) is 25.9 Å². The van der Waals surface area contributed by atoms with Gasteiger partial charge in [0.25, 0.3) is 0 Å². The first-order valence-corrected chi connectivity index (χ1v) is 9.55. The molecule has 5 nitrogen and oxygen atoms in total. The summed E-state index contributed by atoms with van der Waals surface area (Å²) in [5.74, 6) is -2.70. The second-order valence-corrected chi connectivity index (χ2v) is 8.75. The van der Waals surface area contributed by atoms with E-state index in [0.29, 0.717) is 6.07 Å². The summed E-state index contributed by atoms with van der Waals surface area (Å²) in [6.07, 6.45) is 0. The maximum absolute atomic E-state index is 14.6. The first-order chi connectivity index (χ1) is 12.5. The van der Waals surface area contributed by atoms with Gasteiger partial charge in [-0.3, -0.25) is 5.41 Å². The highest BCUT2D eigenvalue weighted by molar-refractivity contribution is 7.90. The van der Waals surface area contributed by atoms with Gasteiger partial charge in [-0.1, -0.05) is 18.2 Å². The van der Waals surface area contributed by atoms with Gasteiger partial charge in [0.1, 0.15) is 22.7 Å². The van der Waals surface area contributed by atoms with Crippen LogP contribution in [0.4, 0.5) is 13.2 Å². The van der Waals surface area contributed by atoms with Gasteiger partial charge >= 0.3 is 0 Å². The molecule has 2 aromatic carbocycles. The van der Waals surface area contributed by atoms with Crippen molar-refractivity contribution < 1.29 is 21.6 Å². The summed E-state index contributed by atoms with van der Waals surface area (Å²) in [5.41, 5.74) is -1.28. The minimum atomic E-state index is -4.15. The van der Waals surface area contributed by atoms with Crippen LogP contribution in [0.1, 0.15) is 28.9 Å². The summed E-state index contributed by atoms with van der Waals surface area (Å²) in [6, 6.07) is 6.66. The molecule has 1 aliphatic rings. The minimum absolute atomic E-state index is 0.114. The molecule has 144 valence electrons. The average Bonchev–Trinajstić information content (AvgIpc) is 2.55. The lowest BCUT2D eigenvalue weighted by Gasteiger charge is -2.46. The number of halogens is 3. The Morgan fingerprint density at radius 1 is 1.11 bits per heavy atom. The van der Waals surface area contributed by atoms with E-state index in [1.807, 2.05) is 0 Å². The van der Waals surface area contributed by atoms with Crippen molar-refractivity contribution >= 4 is 16.0 Å². The Balaban J connectivity index is 2.31. The highest BCUT2D eigenvalue weighted by atomic mass is 32.2. The maximum Gasteiger partial charge on any atom is 0.246 e. The molecular formula is C18H18F3N3O2S. The Kier molecular flexibility index (Phi) is 4.46. The van der Waals surface area contributed by atoms with E-state index in [9.17, 15) is 21.6 Å². The third-order valence-corrected chi connectivity index (χ3v) is 7.16. The quantitative estimate of drug-likeness (QED) is 0.818. The normalized spacial score (nSPS) is 24.6. The second kappa shape index (κ2) is 6.26. The van der Waals surface area contributed by atoms with Crippen molar-refractivity contribution in [3.05, 3.63) is 70.5 Å². The molecule has 1 heterocycles. The van der Waals surface area contributed by atoms with E-state index in [-0.39, 0.29) is 16.7 Å². The molecule has 1 saturated heterocycles. The Bertz CT molecular complexity index is 1040. The van der Waals surface area contributed by atoms with E-state index in [1.54, 1.807) is 0 Å². The molecule has 0 saturated carbocycles. The number of aryl methyl sites for hydroxylation is 1. The van der Waals surface area contributed by atoms with Crippen molar-refractivity contribution in [2.24, 2.45) is 0 Å². The first-order valence-electron chi connectivity index (χ1n) is 8.04. The van der Waals surface area contributed by atoms with E-state index in [0.717, 1.165) is 22.5 Å². The third-order valence-electron chi connectivity index (χ3n) is 4.87. The lowest BCUT2D eigenvalue weighted by Crippen LogP contribution is -2.62. The minimum Gasteiger partial charge on any atom is -0.345 e. The first kappa shape index (κ1) is 19.2. The van der Waals surface area contributed by atoms with E-state index in [4.69, 9.17) is 5.41 Å². The number of benzene rings is 2. The van der Waals surface area contributed by atoms with Crippen molar-refractivity contribution in [3.63, 3.8) is 0 Å². The average molecular weight is 397 g/mol. The van der Waals surface area contributed by atoms with Crippen molar-refractivity contribution in [1.82, 2.24) is 9.62 Å². The SMILES string of the molecule is Cc1cc([C@@H]2[C@@](C)(c3ccc(F)cc3F)NC(=N)N(C)S2(=O)=O)ccc1F. The van der Waals surface area contributed by atoms with Crippen LogP contribution in [0.15, 0.2) is 36.4 Å². The maximum atomic E-state index is 14.6. The van der Waals surface area contributed by atoms with E-state index >= 15 is 0 Å². The number of rotatable bonds is 2. The zero-order valence-electron chi connectivity index (χ0n) is 14.8. The molecule has 0 amide bonds. The van der Waals surface area contributed by atoms with Gasteiger partial charge in [0.2, 0.25) is 16.0 Å². The number of sulfonamides is 1. The molecule has 1 aliphatic heterocycles. The predicted molar refractivity (Wildman–Crippen MR) is 95.1 cm³/mol. The van der Waals surface area contributed by atoms with Crippen molar-refractivity contribution in [2.45, 2.75) is 24.6 Å². The summed E-state index contributed by atoms with van der Waals surface area (Å²) < 4.78 is 68.7. The lowest BCUT2D eigenvalue weighted by atomic mass is 9.84. The summed E-state index contributed by atoms with van der Waals surface area (Å²) in [5, 5.41) is 9.34. The number of hydrogen-bond acceptors (Lipinski definition) is 3. The molecule has 0 aliphatic carbocycles. The van der Waals surface area contributed by atoms with Crippen LogP contribution in [-0.4, -0.2) is 25.7 Å². The van der Waals surface area contributed by atoms with Gasteiger partial charge in [0, 0.05) is 18.7 Å². The molecule has 0 bridgehead atoms. The highest BCUT2D eigenvalue weighted by Crippen LogP contribution is 2.45. The van der Waals surface area contributed by atoms with E-state index < -0.39 is 44.2 Å². The van der Waals surface area contributed by atoms with Gasteiger partial charge in [0.05, 0.1) is 5.54 Å². The van der Waals surface area contributed by atoms with Crippen molar-refractivity contribution in [3.8, 4) is 0 Å². The molecule has 0 radical (unpaired) electrons. The smallest absolute Gasteiger partial charge is 0.246 e. The van der Waals surface area contributed by atoms with Crippen LogP contribution in [0.5, 0.6) is 0 Å². The second-order valence-electron chi connectivity index (χ2n) is 6.70. The largest absolute Gasteiger partial charge is 0.345 e. The molecule has 0 spiro atoms. The highest BCUT2D eigenvalue weighted by Gasteiger charge is 2.53. The number of nitrogens with one attached hydrogen (secondary N) is 2. The molecule has 2 atom stereocenters. The molecule has 0 aromatic heterocycles. The molecule has 0 unspecified atom stereocenters. The van der Waals surface area contributed by atoms with Gasteiger partial charge in [0.15, 0.2) is 0 Å². The number of hydrogen-bond donors (Lipinski definition) is 2. The van der Waals surface area contributed by atoms with Gasteiger partial charge < -0.3 is 5.32 Å². The zero-order chi connectivity index (χ0) is 20.1. The molecule has 3 rings (SSSR count). The van der Waals surface area contributed by atoms with Gasteiger partial charge in [-0.15, -0.1) is 0 Å². The van der Waals surface area contributed by atoms with Crippen molar-refractivity contribution in [1.29, 1.82) is 5.41 Å². The van der Waals surface area contributed by atoms with Crippen LogP contribution in [0.2, 0.25) is 0 Å². The van der Waals surface area contributed by atoms with E-state index in [2.05, 4.69) is 5.32 Å². The monoisotopic (exact) mass is 397 g/mol. The van der Waals surface area contributed by atoms with Gasteiger partial charge in [-0.2, -0.15) is 0 Å². The van der Waals surface area contributed by atoms with Gasteiger partial charge in [-0.05, 0) is 37.1 Å². The Labute approximate surface area is 155 Å². The molecular weight excluding hydrogens is 379 g/mol. The van der Waals surface area contributed by atoms with Crippen LogP contribution >= 0.6 is 0 Å². The standard InChI is InChI=1S/C18H18F3N3O2S/c1-10-8-11(4-7-14(10)20)16-18(2,13-6-5-12(19)9-15(13)21)23-17(22)24(3)27(16,25)26/h4-9,16H,1-3H3,(H2,22,23)/t16-,18-/m1/s1. The molecule has 27 heavy (non-hydrogen) atoms. The van der Waals surface area contributed by atoms with E-state index in [1.165, 1.54) is 33.0 Å². The van der Waals surface area contributed by atoms with Crippen LogP contribution in [0.3, 0.4) is 0 Å². The van der Waals surface area contributed by atoms with Crippen LogP contribution < -0.4 is 5.32 Å². The fourth-order valence-electron chi connectivity index (χ4n) is 3.43. The molecule has 2 N–H and O–H groups in total. The van der Waals surface area contributed by atoms with Crippen molar-refractivity contribution in [2.75, 3.05) is 7.05 Å². The van der Waals surface area contributed by atoms with Crippen LogP contribution in [0.25, 0.3) is 0 Å². The number of guanidine groups is 1. The molecule has 9 heteroatoms. The fourth-order valence-corrected chi connectivity index (χ4v) is 5.32. The third kappa shape index (κ3) is 2.95. The predicted octanol–water partition coefficient (Wildman–Crippen LogP) is 3.17. The number of nitrogens with zero attached hydrogens (tertiary/aromatic N) is 1. The summed E-state index contributed by atoms with van der Waals surface area (Å²) >= 11 is 0. The molecule has 2 aromatic rings. The summed E-state index contributed by atoms with van der Waals surface area (Å²) in [7, 11) is -2.95. The Morgan fingerprint density at radius 2 is 1.78 bits per heavy atom. The van der Waals surface area contributed by atoms with Crippen LogP contribution in [0, 0.1) is 29.8 Å². The summed E-state index contributed by atoms with van der Waals surface area (Å²) in [6.45, 7) is 2.91. The lowest BCUT2D eigenvalue weighted by molar-refractivity contribution is 0.344. The Morgan fingerprint density at radius 3 is 2.37 bits per heavy atom. The molecule has 1 fully saturated rings. The Hall–Kier alpha value is -2.55. The van der Waals surface area contributed by atoms with Crippen LogP contribution in [-0.2, 0) is 15.6 Å². The summed E-state index contributed by atoms with van der Waals surface area (Å²) in [4.78, 5) is 0. The zero-order valence-corrected chi connectivity index (χ0v) is 15.7. The fraction of sp³-hybridized carbons (Fsp3) is 0.278. The topological polar surface area (TPSA) is 73.3 Å².